The third-order valence-electron chi connectivity index (χ3n) is 5.65. The minimum atomic E-state index is -0.0652. The van der Waals surface area contributed by atoms with E-state index in [9.17, 15) is 0 Å². The van der Waals surface area contributed by atoms with Crippen molar-refractivity contribution in [3.8, 4) is 0 Å². The van der Waals surface area contributed by atoms with Gasteiger partial charge in [-0.05, 0) is 42.3 Å². The third kappa shape index (κ3) is 3.14. The summed E-state index contributed by atoms with van der Waals surface area (Å²) in [5, 5.41) is 1.25. The molecule has 1 fully saturated rings. The number of halogens is 1. The fourth-order valence-electron chi connectivity index (χ4n) is 4.35. The number of anilines is 1. The molecule has 1 saturated heterocycles. The normalized spacial score (nSPS) is 20.8. The second-order valence-electron chi connectivity index (χ2n) is 7.54. The number of fused-ring (bicyclic) bond motifs is 2. The van der Waals surface area contributed by atoms with Crippen LogP contribution >= 0.6 is 11.3 Å². The molecule has 5 heteroatoms. The highest BCUT2D eigenvalue weighted by Crippen LogP contribution is 2.41. The lowest BCUT2D eigenvalue weighted by molar-refractivity contribution is 0.122. The topological polar surface area (TPSA) is 15.7 Å². The Hall–Kier alpha value is -1.95. The number of benzene rings is 2. The molecular weight excluding hydrogens is 359 g/mol. The lowest BCUT2D eigenvalue weighted by Crippen LogP contribution is -2.37. The average Bonchev–Trinajstić information content (AvgIpc) is 3.12. The first kappa shape index (κ1) is 17.2. The van der Waals surface area contributed by atoms with Crippen LogP contribution in [0.15, 0.2) is 42.5 Å². The van der Waals surface area contributed by atoms with Gasteiger partial charge in [-0.2, -0.15) is 0 Å². The SMILES string of the molecule is CN1Cc2cc(N3CCOCC3)cc(F)c2C(c2cc3ccccc3s2)C1. The van der Waals surface area contributed by atoms with Crippen molar-refractivity contribution in [3.05, 3.63) is 64.3 Å². The van der Waals surface area contributed by atoms with Crippen LogP contribution in [0.4, 0.5) is 10.1 Å². The molecule has 140 valence electrons. The van der Waals surface area contributed by atoms with Crippen LogP contribution in [-0.2, 0) is 11.3 Å². The molecule has 1 unspecified atom stereocenters. The minimum Gasteiger partial charge on any atom is -0.378 e. The number of morpholine rings is 1. The number of nitrogens with zero attached hydrogens (tertiary/aromatic N) is 2. The number of likely N-dealkylation sites (N-methyl/N-ethyl adjacent to an activating group) is 1. The molecule has 0 amide bonds. The van der Waals surface area contributed by atoms with Crippen LogP contribution in [0.25, 0.3) is 10.1 Å². The van der Waals surface area contributed by atoms with Crippen LogP contribution in [0.3, 0.4) is 0 Å². The van der Waals surface area contributed by atoms with E-state index >= 15 is 4.39 Å². The molecule has 3 nitrogen and oxygen atoms in total. The zero-order valence-corrected chi connectivity index (χ0v) is 16.3. The standard InChI is InChI=1S/C22H23FN2OS/c1-24-13-16-10-17(25-6-8-26-9-7-25)12-19(23)22(16)18(14-24)21-11-15-4-2-3-5-20(15)27-21/h2-5,10-12,18H,6-9,13-14H2,1H3. The van der Waals surface area contributed by atoms with Gasteiger partial charge < -0.3 is 14.5 Å². The average molecular weight is 383 g/mol. The Morgan fingerprint density at radius 2 is 1.93 bits per heavy atom. The Bertz CT molecular complexity index is 947. The predicted molar refractivity (Wildman–Crippen MR) is 109 cm³/mol. The van der Waals surface area contributed by atoms with Gasteiger partial charge in [-0.3, -0.25) is 0 Å². The highest BCUT2D eigenvalue weighted by molar-refractivity contribution is 7.19. The van der Waals surface area contributed by atoms with Gasteiger partial charge in [0, 0.05) is 52.9 Å². The van der Waals surface area contributed by atoms with E-state index in [1.807, 2.05) is 0 Å². The van der Waals surface area contributed by atoms with Crippen LogP contribution in [0, 0.1) is 5.82 Å². The van der Waals surface area contributed by atoms with Gasteiger partial charge >= 0.3 is 0 Å². The molecule has 1 aromatic heterocycles. The second-order valence-corrected chi connectivity index (χ2v) is 8.65. The van der Waals surface area contributed by atoms with Crippen molar-refractivity contribution in [1.82, 2.24) is 4.90 Å². The molecule has 3 heterocycles. The molecule has 0 bridgehead atoms. The van der Waals surface area contributed by atoms with Gasteiger partial charge in [0.25, 0.3) is 0 Å². The fourth-order valence-corrected chi connectivity index (χ4v) is 5.51. The summed E-state index contributed by atoms with van der Waals surface area (Å²) in [4.78, 5) is 5.79. The first-order chi connectivity index (χ1) is 13.2. The zero-order valence-electron chi connectivity index (χ0n) is 15.5. The summed E-state index contributed by atoms with van der Waals surface area (Å²) in [6.45, 7) is 4.73. The van der Waals surface area contributed by atoms with Gasteiger partial charge in [0.15, 0.2) is 0 Å². The van der Waals surface area contributed by atoms with Crippen LogP contribution in [0.1, 0.15) is 21.9 Å². The molecule has 0 N–H and O–H groups in total. The van der Waals surface area contributed by atoms with Gasteiger partial charge in [0.05, 0.1) is 13.2 Å². The van der Waals surface area contributed by atoms with Crippen LogP contribution in [0.5, 0.6) is 0 Å². The van der Waals surface area contributed by atoms with E-state index in [4.69, 9.17) is 4.74 Å². The molecule has 1 atom stereocenters. The molecule has 3 aromatic rings. The lowest BCUT2D eigenvalue weighted by Gasteiger charge is -2.34. The maximum Gasteiger partial charge on any atom is 0.129 e. The number of rotatable bonds is 2. The molecule has 2 aliphatic rings. The van der Waals surface area contributed by atoms with Crippen molar-refractivity contribution >= 4 is 27.1 Å². The Balaban J connectivity index is 1.58. The van der Waals surface area contributed by atoms with E-state index in [0.29, 0.717) is 13.2 Å². The number of thiophene rings is 1. The van der Waals surface area contributed by atoms with Crippen LogP contribution in [-0.4, -0.2) is 44.8 Å². The predicted octanol–water partition coefficient (Wildman–Crippen LogP) is 4.45. The fraction of sp³-hybridized carbons (Fsp3) is 0.364. The van der Waals surface area contributed by atoms with Gasteiger partial charge in [-0.1, -0.05) is 18.2 Å². The summed E-state index contributed by atoms with van der Waals surface area (Å²) in [7, 11) is 2.13. The second kappa shape index (κ2) is 6.89. The van der Waals surface area contributed by atoms with Crippen molar-refractivity contribution in [1.29, 1.82) is 0 Å². The Morgan fingerprint density at radius 1 is 1.11 bits per heavy atom. The molecular formula is C22H23FN2OS. The Labute approximate surface area is 163 Å². The summed E-state index contributed by atoms with van der Waals surface area (Å²) in [5.41, 5.74) is 2.99. The lowest BCUT2D eigenvalue weighted by atomic mass is 9.87. The maximum atomic E-state index is 15.3. The highest BCUT2D eigenvalue weighted by atomic mass is 32.1. The molecule has 5 rings (SSSR count). The van der Waals surface area contributed by atoms with Crippen LogP contribution in [0.2, 0.25) is 0 Å². The number of ether oxygens (including phenoxy) is 1. The van der Waals surface area contributed by atoms with Gasteiger partial charge in [-0.15, -0.1) is 11.3 Å². The minimum absolute atomic E-state index is 0.0652. The van der Waals surface area contributed by atoms with Crippen LogP contribution < -0.4 is 4.90 Å². The van der Waals surface area contributed by atoms with E-state index < -0.39 is 0 Å². The summed E-state index contributed by atoms with van der Waals surface area (Å²) < 4.78 is 22.0. The molecule has 2 aliphatic heterocycles. The molecule has 0 saturated carbocycles. The van der Waals surface area contributed by atoms with Crippen molar-refractivity contribution in [2.75, 3.05) is 44.8 Å². The Morgan fingerprint density at radius 3 is 2.74 bits per heavy atom. The molecule has 0 spiro atoms. The summed E-state index contributed by atoms with van der Waals surface area (Å²) in [5.74, 6) is 0.0273. The largest absolute Gasteiger partial charge is 0.378 e. The van der Waals surface area contributed by atoms with Gasteiger partial charge in [0.2, 0.25) is 0 Å². The summed E-state index contributed by atoms with van der Waals surface area (Å²) in [6, 6.07) is 14.6. The van der Waals surface area contributed by atoms with Crippen molar-refractivity contribution in [2.24, 2.45) is 0 Å². The summed E-state index contributed by atoms with van der Waals surface area (Å²) >= 11 is 1.79. The van der Waals surface area contributed by atoms with Crippen molar-refractivity contribution < 1.29 is 9.13 Å². The maximum absolute atomic E-state index is 15.3. The van der Waals surface area contributed by atoms with E-state index in [0.717, 1.165) is 43.0 Å². The molecule has 2 aromatic carbocycles. The quantitative estimate of drug-likeness (QED) is 0.651. The zero-order chi connectivity index (χ0) is 18.4. The van der Waals surface area contributed by atoms with Crippen molar-refractivity contribution in [3.63, 3.8) is 0 Å². The molecule has 27 heavy (non-hydrogen) atoms. The first-order valence-electron chi connectivity index (χ1n) is 9.51. The van der Waals surface area contributed by atoms with Gasteiger partial charge in [-0.25, -0.2) is 4.39 Å². The highest BCUT2D eigenvalue weighted by Gasteiger charge is 2.30. The summed E-state index contributed by atoms with van der Waals surface area (Å²) in [6.07, 6.45) is 0. The van der Waals surface area contributed by atoms with E-state index in [2.05, 4.69) is 53.2 Å². The molecule has 0 aliphatic carbocycles. The van der Waals surface area contributed by atoms with E-state index in [-0.39, 0.29) is 11.7 Å². The van der Waals surface area contributed by atoms with E-state index in [1.165, 1.54) is 15.0 Å². The Kier molecular flexibility index (Phi) is 4.38. The van der Waals surface area contributed by atoms with E-state index in [1.54, 1.807) is 17.4 Å². The molecule has 0 radical (unpaired) electrons. The monoisotopic (exact) mass is 382 g/mol. The first-order valence-corrected chi connectivity index (χ1v) is 10.3. The van der Waals surface area contributed by atoms with Gasteiger partial charge in [0.1, 0.15) is 5.82 Å². The number of hydrogen-bond donors (Lipinski definition) is 0. The smallest absolute Gasteiger partial charge is 0.129 e. The third-order valence-corrected chi connectivity index (χ3v) is 6.88. The number of hydrogen-bond acceptors (Lipinski definition) is 4. The van der Waals surface area contributed by atoms with Crippen molar-refractivity contribution in [2.45, 2.75) is 12.5 Å².